The molecular formula is C28H39N3O4. The molecule has 0 unspecified atom stereocenters. The molecule has 3 N–H and O–H groups in total. The van der Waals surface area contributed by atoms with Crippen LogP contribution in [-0.4, -0.2) is 53.5 Å². The van der Waals surface area contributed by atoms with Crippen LogP contribution in [0.15, 0.2) is 42.5 Å². The van der Waals surface area contributed by atoms with E-state index in [0.29, 0.717) is 0 Å². The van der Waals surface area contributed by atoms with Crippen LogP contribution in [0.4, 0.5) is 0 Å². The summed E-state index contributed by atoms with van der Waals surface area (Å²) in [7, 11) is 1.60. The zero-order valence-corrected chi connectivity index (χ0v) is 20.9. The van der Waals surface area contributed by atoms with Gasteiger partial charge in [0, 0.05) is 19.0 Å². The second-order valence-electron chi connectivity index (χ2n) is 10.2. The fraction of sp³-hybridized carbons (Fsp3) is 0.607. The van der Waals surface area contributed by atoms with Crippen molar-refractivity contribution >= 4 is 17.7 Å². The highest BCUT2D eigenvalue weighted by atomic mass is 16.3. The number of rotatable bonds is 8. The molecule has 7 heteroatoms. The SMILES string of the molecule is CCC[C@@H]1C=C[C@H]2[C@H](C(=O)N([C@H](CO)c3ccccc3)[C@@H]2C(=O)NC2CCCCC2)[C@@H]1C(=O)NC. The molecule has 3 aliphatic rings. The van der Waals surface area contributed by atoms with E-state index in [4.69, 9.17) is 0 Å². The molecule has 6 atom stereocenters. The van der Waals surface area contributed by atoms with Gasteiger partial charge in [-0.05, 0) is 30.7 Å². The van der Waals surface area contributed by atoms with Gasteiger partial charge < -0.3 is 20.6 Å². The molecule has 0 spiro atoms. The first-order chi connectivity index (χ1) is 17.0. The molecular weight excluding hydrogens is 442 g/mol. The predicted molar refractivity (Wildman–Crippen MR) is 134 cm³/mol. The number of nitrogens with zero attached hydrogens (tertiary/aromatic N) is 1. The Kier molecular flexibility index (Phi) is 8.26. The van der Waals surface area contributed by atoms with Gasteiger partial charge in [-0.3, -0.25) is 14.4 Å². The van der Waals surface area contributed by atoms with E-state index in [2.05, 4.69) is 17.6 Å². The van der Waals surface area contributed by atoms with E-state index in [-0.39, 0.29) is 36.3 Å². The minimum atomic E-state index is -0.766. The van der Waals surface area contributed by atoms with Crippen molar-refractivity contribution < 1.29 is 19.5 Å². The van der Waals surface area contributed by atoms with Crippen LogP contribution >= 0.6 is 0 Å². The Morgan fingerprint density at radius 1 is 1.09 bits per heavy atom. The number of hydrogen-bond donors (Lipinski definition) is 3. The average Bonchev–Trinajstić information content (AvgIpc) is 3.17. The number of allylic oxidation sites excluding steroid dienone is 1. The van der Waals surface area contributed by atoms with E-state index in [1.165, 1.54) is 6.42 Å². The summed E-state index contributed by atoms with van der Waals surface area (Å²) in [6, 6.07) is 8.05. The molecule has 3 amide bonds. The molecule has 2 aliphatic carbocycles. The zero-order chi connectivity index (χ0) is 24.9. The Bertz CT molecular complexity index is 927. The zero-order valence-electron chi connectivity index (χ0n) is 20.9. The Morgan fingerprint density at radius 2 is 1.80 bits per heavy atom. The van der Waals surface area contributed by atoms with Gasteiger partial charge >= 0.3 is 0 Å². The summed E-state index contributed by atoms with van der Waals surface area (Å²) in [5.41, 5.74) is 0.781. The van der Waals surface area contributed by atoms with E-state index in [1.54, 1.807) is 11.9 Å². The number of benzene rings is 1. The summed E-state index contributed by atoms with van der Waals surface area (Å²) in [5.74, 6) is -2.20. The normalized spacial score (nSPS) is 29.5. The number of hydrogen-bond acceptors (Lipinski definition) is 4. The smallest absolute Gasteiger partial charge is 0.243 e. The highest BCUT2D eigenvalue weighted by Crippen LogP contribution is 2.47. The van der Waals surface area contributed by atoms with E-state index in [9.17, 15) is 19.5 Å². The molecule has 1 heterocycles. The van der Waals surface area contributed by atoms with Gasteiger partial charge in [-0.2, -0.15) is 0 Å². The van der Waals surface area contributed by atoms with Gasteiger partial charge in [0.15, 0.2) is 0 Å². The van der Waals surface area contributed by atoms with Crippen LogP contribution < -0.4 is 10.6 Å². The summed E-state index contributed by atoms with van der Waals surface area (Å²) in [6.45, 7) is 1.77. The Balaban J connectivity index is 1.74. The van der Waals surface area contributed by atoms with Gasteiger partial charge in [0.05, 0.1) is 24.5 Å². The minimum Gasteiger partial charge on any atom is -0.394 e. The highest BCUT2D eigenvalue weighted by Gasteiger charge is 2.58. The summed E-state index contributed by atoms with van der Waals surface area (Å²) in [5, 5.41) is 16.4. The fourth-order valence-corrected chi connectivity index (χ4v) is 6.48. The second-order valence-corrected chi connectivity index (χ2v) is 10.2. The first-order valence-corrected chi connectivity index (χ1v) is 13.2. The van der Waals surface area contributed by atoms with E-state index in [1.807, 2.05) is 42.5 Å². The maximum atomic E-state index is 14.1. The van der Waals surface area contributed by atoms with E-state index in [0.717, 1.165) is 44.1 Å². The first-order valence-electron chi connectivity index (χ1n) is 13.2. The third-order valence-electron chi connectivity index (χ3n) is 8.13. The third kappa shape index (κ3) is 5.01. The third-order valence-corrected chi connectivity index (χ3v) is 8.13. The molecule has 0 aromatic heterocycles. The molecule has 4 rings (SSSR count). The fourth-order valence-electron chi connectivity index (χ4n) is 6.48. The van der Waals surface area contributed by atoms with Crippen LogP contribution in [0.1, 0.15) is 63.5 Å². The molecule has 1 aromatic carbocycles. The summed E-state index contributed by atoms with van der Waals surface area (Å²) in [6.07, 6.45) is 11.0. The van der Waals surface area contributed by atoms with Gasteiger partial charge in [-0.15, -0.1) is 0 Å². The first kappa shape index (κ1) is 25.4. The van der Waals surface area contributed by atoms with Crippen molar-refractivity contribution in [2.45, 2.75) is 70.0 Å². The molecule has 1 saturated carbocycles. The molecule has 7 nitrogen and oxygen atoms in total. The molecule has 35 heavy (non-hydrogen) atoms. The van der Waals surface area contributed by atoms with Crippen LogP contribution in [0.25, 0.3) is 0 Å². The Hall–Kier alpha value is -2.67. The lowest BCUT2D eigenvalue weighted by Crippen LogP contribution is -2.51. The molecule has 2 fully saturated rings. The largest absolute Gasteiger partial charge is 0.394 e. The summed E-state index contributed by atoms with van der Waals surface area (Å²) >= 11 is 0. The number of carbonyl (C=O) groups excluding carboxylic acids is 3. The molecule has 1 saturated heterocycles. The van der Waals surface area contributed by atoms with Gasteiger partial charge in [-0.25, -0.2) is 0 Å². The van der Waals surface area contributed by atoms with Crippen molar-refractivity contribution in [2.75, 3.05) is 13.7 Å². The van der Waals surface area contributed by atoms with E-state index >= 15 is 0 Å². The van der Waals surface area contributed by atoms with Gasteiger partial charge in [0.2, 0.25) is 17.7 Å². The number of amides is 3. The van der Waals surface area contributed by atoms with Crippen LogP contribution in [0.5, 0.6) is 0 Å². The number of carbonyl (C=O) groups is 3. The van der Waals surface area contributed by atoms with Crippen molar-refractivity contribution in [1.29, 1.82) is 0 Å². The minimum absolute atomic E-state index is 0.0588. The van der Waals surface area contributed by atoms with Crippen LogP contribution in [0, 0.1) is 23.7 Å². The lowest BCUT2D eigenvalue weighted by Gasteiger charge is -2.35. The molecule has 1 aliphatic heterocycles. The molecule has 1 aromatic rings. The predicted octanol–water partition coefficient (Wildman–Crippen LogP) is 2.96. The molecule has 0 bridgehead atoms. The summed E-state index contributed by atoms with van der Waals surface area (Å²) in [4.78, 5) is 42.6. The topological polar surface area (TPSA) is 98.7 Å². The van der Waals surface area contributed by atoms with Crippen molar-refractivity contribution in [3.8, 4) is 0 Å². The quantitative estimate of drug-likeness (QED) is 0.497. The maximum Gasteiger partial charge on any atom is 0.243 e. The monoisotopic (exact) mass is 481 g/mol. The van der Waals surface area contributed by atoms with Crippen molar-refractivity contribution in [2.24, 2.45) is 23.7 Å². The number of fused-ring (bicyclic) bond motifs is 1. The number of likely N-dealkylation sites (tertiary alicyclic amines) is 1. The van der Waals surface area contributed by atoms with Gasteiger partial charge in [0.1, 0.15) is 6.04 Å². The van der Waals surface area contributed by atoms with Crippen molar-refractivity contribution in [3.05, 3.63) is 48.0 Å². The molecule has 190 valence electrons. The van der Waals surface area contributed by atoms with Crippen LogP contribution in [-0.2, 0) is 14.4 Å². The lowest BCUT2D eigenvalue weighted by molar-refractivity contribution is -0.143. The lowest BCUT2D eigenvalue weighted by atomic mass is 9.68. The number of nitrogens with one attached hydrogen (secondary N) is 2. The van der Waals surface area contributed by atoms with Crippen LogP contribution in [0.2, 0.25) is 0 Å². The maximum absolute atomic E-state index is 14.1. The average molecular weight is 482 g/mol. The molecule has 0 radical (unpaired) electrons. The highest BCUT2D eigenvalue weighted by molar-refractivity contribution is 5.97. The Morgan fingerprint density at radius 3 is 2.43 bits per heavy atom. The standard InChI is InChI=1S/C28H39N3O4/c1-3-10-19-15-16-21-24(23(19)26(33)29-2)28(35)31(22(17-32)18-11-6-4-7-12-18)25(21)27(34)30-20-13-8-5-9-14-20/h4,6-7,11-12,15-16,19-25,32H,3,5,8-10,13-14,17H2,1-2H3,(H,29,33)(H,30,34)/t19-,21+,22-,23-,24+,25+/m1/s1. The second kappa shape index (κ2) is 11.4. The van der Waals surface area contributed by atoms with E-state index < -0.39 is 29.8 Å². The van der Waals surface area contributed by atoms with Gasteiger partial charge in [0.25, 0.3) is 0 Å². The number of aliphatic hydroxyl groups is 1. The van der Waals surface area contributed by atoms with Gasteiger partial charge in [-0.1, -0.05) is 75.1 Å². The van der Waals surface area contributed by atoms with Crippen molar-refractivity contribution in [1.82, 2.24) is 15.5 Å². The summed E-state index contributed by atoms with van der Waals surface area (Å²) < 4.78 is 0. The van der Waals surface area contributed by atoms with Crippen molar-refractivity contribution in [3.63, 3.8) is 0 Å². The van der Waals surface area contributed by atoms with Crippen LogP contribution in [0.3, 0.4) is 0 Å². The number of aliphatic hydroxyl groups excluding tert-OH is 1. The Labute approximate surface area is 208 Å².